The van der Waals surface area contributed by atoms with E-state index in [1.165, 1.54) is 218 Å². The van der Waals surface area contributed by atoms with Gasteiger partial charge in [0.25, 0.3) is 7.82 Å². The lowest BCUT2D eigenvalue weighted by atomic mass is 10.0. The third-order valence-electron chi connectivity index (χ3n) is 12.6. The first-order valence-corrected chi connectivity index (χ1v) is 29.2. The third kappa shape index (κ3) is 50.4. The van der Waals surface area contributed by atoms with E-state index < -0.39 is 26.5 Å². The number of ether oxygens (including phenoxy) is 2. The van der Waals surface area contributed by atoms with Gasteiger partial charge in [0.1, 0.15) is 19.8 Å². The third-order valence-corrected chi connectivity index (χ3v) is 13.6. The minimum atomic E-state index is -4.62. The van der Waals surface area contributed by atoms with Gasteiger partial charge in [-0.2, -0.15) is 0 Å². The van der Waals surface area contributed by atoms with Crippen molar-refractivity contribution in [2.45, 2.75) is 290 Å². The summed E-state index contributed by atoms with van der Waals surface area (Å²) in [5.41, 5.74) is 0. The van der Waals surface area contributed by atoms with Gasteiger partial charge in [-0.25, -0.2) is 0 Å². The maximum Gasteiger partial charge on any atom is 0.306 e. The van der Waals surface area contributed by atoms with Crippen LogP contribution in [0.2, 0.25) is 0 Å². The molecule has 0 saturated carbocycles. The fourth-order valence-corrected chi connectivity index (χ4v) is 9.03. The SMILES string of the molecule is CCCCCCCCCCCCCCCCCCCCCCCC(=O)O[C@H](COC(=O)CCCCCCCCCCCCCCCCCCCCC)COP(=O)([O-])OCC[N+](C)(C)C. The summed E-state index contributed by atoms with van der Waals surface area (Å²) in [5, 5.41) is 0. The van der Waals surface area contributed by atoms with Crippen LogP contribution in [0.3, 0.4) is 0 Å². The van der Waals surface area contributed by atoms with E-state index in [1.807, 2.05) is 21.1 Å². The zero-order valence-electron chi connectivity index (χ0n) is 43.3. The lowest BCUT2D eigenvalue weighted by Crippen LogP contribution is -2.37. The van der Waals surface area contributed by atoms with Crippen LogP contribution in [0.4, 0.5) is 0 Å². The second-order valence-electron chi connectivity index (χ2n) is 20.3. The fraction of sp³-hybridized carbons (Fsp3) is 0.963. The number of quaternary nitrogens is 1. The molecule has 0 radical (unpaired) electrons. The molecule has 0 N–H and O–H groups in total. The summed E-state index contributed by atoms with van der Waals surface area (Å²) in [5.74, 6) is -0.810. The first kappa shape index (κ1) is 63.0. The van der Waals surface area contributed by atoms with Crippen LogP contribution in [-0.4, -0.2) is 70.0 Å². The van der Waals surface area contributed by atoms with E-state index in [4.69, 9.17) is 18.5 Å². The molecule has 0 saturated heterocycles. The van der Waals surface area contributed by atoms with Crippen molar-refractivity contribution in [1.29, 1.82) is 0 Å². The molecule has 1 unspecified atom stereocenters. The number of hydrogen-bond donors (Lipinski definition) is 0. The minimum Gasteiger partial charge on any atom is -0.756 e. The maximum absolute atomic E-state index is 12.8. The number of nitrogens with zero attached hydrogens (tertiary/aromatic N) is 1. The minimum absolute atomic E-state index is 0.0252. The van der Waals surface area contributed by atoms with Crippen LogP contribution in [0, 0.1) is 0 Å². The van der Waals surface area contributed by atoms with Crippen LogP contribution >= 0.6 is 7.82 Å². The molecule has 0 amide bonds. The number of phosphoric acid groups is 1. The Labute approximate surface area is 397 Å². The molecular formula is C54H108NO8P. The Morgan fingerprint density at radius 1 is 0.422 bits per heavy atom. The van der Waals surface area contributed by atoms with Crippen molar-refractivity contribution in [2.75, 3.05) is 47.5 Å². The molecule has 0 fully saturated rings. The predicted molar refractivity (Wildman–Crippen MR) is 269 cm³/mol. The molecule has 9 nitrogen and oxygen atoms in total. The molecule has 0 aromatic rings. The van der Waals surface area contributed by atoms with Gasteiger partial charge in [-0.15, -0.1) is 0 Å². The van der Waals surface area contributed by atoms with Crippen LogP contribution in [0.5, 0.6) is 0 Å². The molecule has 0 aromatic heterocycles. The number of phosphoric ester groups is 1. The molecule has 0 aliphatic carbocycles. The van der Waals surface area contributed by atoms with Gasteiger partial charge in [-0.3, -0.25) is 14.2 Å². The Kier molecular flexibility index (Phi) is 46.4. The first-order valence-electron chi connectivity index (χ1n) is 27.7. The van der Waals surface area contributed by atoms with E-state index >= 15 is 0 Å². The number of hydrogen-bond acceptors (Lipinski definition) is 8. The summed E-state index contributed by atoms with van der Waals surface area (Å²) < 4.78 is 34.1. The Hall–Kier alpha value is -0.990. The molecule has 2 atom stereocenters. The van der Waals surface area contributed by atoms with E-state index in [1.54, 1.807) is 0 Å². The number of unbranched alkanes of at least 4 members (excludes halogenated alkanes) is 38. The number of likely N-dealkylation sites (N-methyl/N-ethyl adjacent to an activating group) is 1. The molecule has 0 aliphatic rings. The number of carbonyl (C=O) groups excluding carboxylic acids is 2. The molecule has 10 heteroatoms. The summed E-state index contributed by atoms with van der Waals surface area (Å²) in [7, 11) is 1.19. The van der Waals surface area contributed by atoms with Crippen LogP contribution in [-0.2, 0) is 32.7 Å². The molecule has 382 valence electrons. The summed E-state index contributed by atoms with van der Waals surface area (Å²) >= 11 is 0. The van der Waals surface area contributed by atoms with E-state index in [-0.39, 0.29) is 32.0 Å². The van der Waals surface area contributed by atoms with Crippen LogP contribution in [0.15, 0.2) is 0 Å². The molecule has 0 spiro atoms. The van der Waals surface area contributed by atoms with Crippen molar-refractivity contribution >= 4 is 19.8 Å². The second kappa shape index (κ2) is 47.1. The average Bonchev–Trinajstić information content (AvgIpc) is 3.25. The van der Waals surface area contributed by atoms with E-state index in [9.17, 15) is 19.0 Å². The smallest absolute Gasteiger partial charge is 0.306 e. The summed E-state index contributed by atoms with van der Waals surface area (Å²) in [6, 6.07) is 0. The van der Waals surface area contributed by atoms with E-state index in [2.05, 4.69) is 13.8 Å². The van der Waals surface area contributed by atoms with Crippen molar-refractivity contribution in [2.24, 2.45) is 0 Å². The fourth-order valence-electron chi connectivity index (χ4n) is 8.31. The van der Waals surface area contributed by atoms with E-state index in [0.29, 0.717) is 17.4 Å². The highest BCUT2D eigenvalue weighted by Crippen LogP contribution is 2.38. The van der Waals surface area contributed by atoms with Gasteiger partial charge in [0.2, 0.25) is 0 Å². The Bertz CT molecular complexity index is 1050. The second-order valence-corrected chi connectivity index (χ2v) is 21.7. The van der Waals surface area contributed by atoms with Gasteiger partial charge in [0, 0.05) is 12.8 Å². The molecular weight excluding hydrogens is 822 g/mol. The number of carbonyl (C=O) groups is 2. The summed E-state index contributed by atoms with van der Waals surface area (Å²) in [6.07, 6.45) is 51.4. The molecule has 0 bridgehead atoms. The van der Waals surface area contributed by atoms with Crippen molar-refractivity contribution in [3.63, 3.8) is 0 Å². The Morgan fingerprint density at radius 2 is 0.703 bits per heavy atom. The van der Waals surface area contributed by atoms with Gasteiger partial charge >= 0.3 is 11.9 Å². The predicted octanol–water partition coefficient (Wildman–Crippen LogP) is 16.1. The number of rotatable bonds is 52. The van der Waals surface area contributed by atoms with Crippen LogP contribution in [0.1, 0.15) is 284 Å². The van der Waals surface area contributed by atoms with Crippen LogP contribution in [0.25, 0.3) is 0 Å². The normalized spacial score (nSPS) is 13.3. The molecule has 0 heterocycles. The summed E-state index contributed by atoms with van der Waals surface area (Å²) in [4.78, 5) is 37.8. The lowest BCUT2D eigenvalue weighted by Gasteiger charge is -2.28. The van der Waals surface area contributed by atoms with Crippen LogP contribution < -0.4 is 4.89 Å². The molecule has 0 rings (SSSR count). The maximum atomic E-state index is 12.8. The van der Waals surface area contributed by atoms with Gasteiger partial charge in [-0.1, -0.05) is 258 Å². The monoisotopic (exact) mass is 930 g/mol. The highest BCUT2D eigenvalue weighted by Gasteiger charge is 2.22. The van der Waals surface area contributed by atoms with Gasteiger partial charge in [0.05, 0.1) is 27.7 Å². The zero-order chi connectivity index (χ0) is 47.1. The lowest BCUT2D eigenvalue weighted by molar-refractivity contribution is -0.870. The quantitative estimate of drug-likeness (QED) is 0.0257. The highest BCUT2D eigenvalue weighted by atomic mass is 31.2. The standard InChI is InChI=1S/C54H108NO8P/c1-6-8-10-12-14-16-18-20-22-24-26-27-29-31-33-35-37-39-41-43-45-47-54(57)63-52(51-62-64(58,59)61-49-48-55(3,4)5)50-60-53(56)46-44-42-40-38-36-34-32-30-28-25-23-21-19-17-15-13-11-9-7-2/h52H,6-51H2,1-5H3/t52-/m1/s1. The Morgan fingerprint density at radius 3 is 1.00 bits per heavy atom. The Balaban J connectivity index is 4.14. The number of esters is 2. The van der Waals surface area contributed by atoms with Gasteiger partial charge in [-0.05, 0) is 12.8 Å². The first-order chi connectivity index (χ1) is 31.0. The largest absolute Gasteiger partial charge is 0.756 e. The van der Waals surface area contributed by atoms with Gasteiger partial charge in [0.15, 0.2) is 6.10 Å². The van der Waals surface area contributed by atoms with Crippen molar-refractivity contribution in [3.05, 3.63) is 0 Å². The topological polar surface area (TPSA) is 111 Å². The molecule has 0 aliphatic heterocycles. The zero-order valence-corrected chi connectivity index (χ0v) is 44.2. The highest BCUT2D eigenvalue weighted by molar-refractivity contribution is 7.45. The van der Waals surface area contributed by atoms with Crippen molar-refractivity contribution < 1.29 is 42.1 Å². The molecule has 64 heavy (non-hydrogen) atoms. The average molecular weight is 930 g/mol. The summed E-state index contributed by atoms with van der Waals surface area (Å²) in [6.45, 7) is 4.31. The van der Waals surface area contributed by atoms with E-state index in [0.717, 1.165) is 32.1 Å². The van der Waals surface area contributed by atoms with Crippen molar-refractivity contribution in [1.82, 2.24) is 0 Å². The molecule has 0 aromatic carbocycles. The van der Waals surface area contributed by atoms with Gasteiger partial charge < -0.3 is 27.9 Å². The van der Waals surface area contributed by atoms with Crippen molar-refractivity contribution in [3.8, 4) is 0 Å².